The molecule has 3 saturated carbocycles. The van der Waals surface area contributed by atoms with Gasteiger partial charge >= 0.3 is 82.2 Å². The van der Waals surface area contributed by atoms with E-state index in [-0.39, 0.29) is 0 Å². The molecule has 1 nitrogen and oxygen atoms in total. The molecule has 31 heavy (non-hydrogen) atoms. The summed E-state index contributed by atoms with van der Waals surface area (Å²) in [6.45, 7) is 2.15. The fourth-order valence-electron chi connectivity index (χ4n) is 5.85. The molecule has 0 atom stereocenters. The Bertz CT molecular complexity index is 597. The Labute approximate surface area is 202 Å². The molecule has 0 N–H and O–H groups in total. The third-order valence-electron chi connectivity index (χ3n) is 7.48. The molecule has 0 radical (unpaired) electrons. The van der Waals surface area contributed by atoms with Gasteiger partial charge in [-0.1, -0.05) is 65.7 Å². The molecule has 0 heterocycles. The molecule has 0 aromatic heterocycles. The summed E-state index contributed by atoms with van der Waals surface area (Å²) in [5.74, 6) is 0. The minimum absolute atomic E-state index is 0.385. The second kappa shape index (κ2) is 14.4. The maximum absolute atomic E-state index is 2.30. The van der Waals surface area contributed by atoms with Gasteiger partial charge in [0, 0.05) is 0 Å². The van der Waals surface area contributed by atoms with Crippen LogP contribution in [0.3, 0.4) is 0 Å². The van der Waals surface area contributed by atoms with E-state index in [0.29, 0.717) is 25.7 Å². The molecule has 0 aliphatic heterocycles. The average molecular weight is 535 g/mol. The van der Waals surface area contributed by atoms with Crippen molar-refractivity contribution in [3.63, 3.8) is 0 Å². The van der Waals surface area contributed by atoms with Gasteiger partial charge in [0.25, 0.3) is 0 Å². The van der Waals surface area contributed by atoms with Crippen molar-refractivity contribution in [2.24, 2.45) is 0 Å². The van der Waals surface area contributed by atoms with Crippen molar-refractivity contribution < 1.29 is 17.8 Å². The molecule has 0 bridgehead atoms. The van der Waals surface area contributed by atoms with E-state index in [1.54, 1.807) is 77.0 Å². The zero-order valence-corrected chi connectivity index (χ0v) is 22.9. The van der Waals surface area contributed by atoms with Crippen LogP contribution in [0, 0.1) is 6.92 Å². The minimum atomic E-state index is 0.385. The first kappa shape index (κ1) is 25.8. The number of nitrogens with zero attached hydrogens (tertiary/aromatic N) is 1. The van der Waals surface area contributed by atoms with Crippen molar-refractivity contribution in [1.29, 1.82) is 0 Å². The summed E-state index contributed by atoms with van der Waals surface area (Å²) in [6.07, 6.45) is 23.6. The van der Waals surface area contributed by atoms with Gasteiger partial charge in [-0.15, -0.1) is 0 Å². The average Bonchev–Trinajstić information content (AvgIpc) is 2.81. The van der Waals surface area contributed by atoms with Crippen molar-refractivity contribution in [1.82, 2.24) is 3.53 Å². The van der Waals surface area contributed by atoms with Crippen LogP contribution in [0.15, 0.2) is 24.3 Å². The van der Waals surface area contributed by atoms with E-state index in [4.69, 9.17) is 0 Å². The van der Waals surface area contributed by atoms with Crippen LogP contribution in [0.1, 0.15) is 107 Å². The van der Waals surface area contributed by atoms with Crippen LogP contribution in [0.5, 0.6) is 0 Å². The van der Waals surface area contributed by atoms with E-state index in [0.717, 1.165) is 0 Å². The molecule has 3 aliphatic carbocycles. The Kier molecular flexibility index (Phi) is 12.0. The molecule has 0 unspecified atom stereocenters. The summed E-state index contributed by atoms with van der Waals surface area (Å²) in [7, 11) is 4.59. The number of benzene rings is 1. The van der Waals surface area contributed by atoms with Gasteiger partial charge in [-0.05, 0) is 55.5 Å². The van der Waals surface area contributed by atoms with Gasteiger partial charge in [-0.2, -0.15) is 0 Å². The van der Waals surface area contributed by atoms with Gasteiger partial charge in [-0.3, -0.25) is 0 Å². The van der Waals surface area contributed by atoms with Gasteiger partial charge < -0.3 is 0 Å². The normalized spacial score (nSPS) is 22.6. The van der Waals surface area contributed by atoms with Crippen molar-refractivity contribution in [2.75, 3.05) is 14.1 Å². The first-order chi connectivity index (χ1) is 15.1. The zero-order chi connectivity index (χ0) is 21.9. The molecule has 1 aromatic rings. The topological polar surface area (TPSA) is 3.24 Å². The number of hydrogen-bond acceptors (Lipinski definition) is 1. The first-order valence-electron chi connectivity index (χ1n) is 13.1. The van der Waals surface area contributed by atoms with E-state index in [1.807, 2.05) is 0 Å². The Balaban J connectivity index is 0.000000196. The molecule has 3 fully saturated rings. The predicted molar refractivity (Wildman–Crippen MR) is 138 cm³/mol. The molecule has 3 heteroatoms. The van der Waals surface area contributed by atoms with E-state index in [9.17, 15) is 0 Å². The van der Waals surface area contributed by atoms with Crippen molar-refractivity contribution in [3.05, 3.63) is 35.4 Å². The summed E-state index contributed by atoms with van der Waals surface area (Å²) in [4.78, 5) is 0. The molecular formula is C28H47NPPd. The fraction of sp³-hybridized carbons (Fsp3) is 0.750. The molecule has 0 saturated heterocycles. The van der Waals surface area contributed by atoms with Gasteiger partial charge in [0.15, 0.2) is 0 Å². The molecule has 4 rings (SSSR count). The molecule has 0 spiro atoms. The van der Waals surface area contributed by atoms with Gasteiger partial charge in [0.05, 0.1) is 0 Å². The summed E-state index contributed by atoms with van der Waals surface area (Å²) in [5.41, 5.74) is 6.29. The van der Waals surface area contributed by atoms with E-state index in [1.165, 1.54) is 47.4 Å². The standard InChI is InChI=1S/C18H33P.C8H8.C2H6N.Pd/c1-4-10-16(11-5-1)19(17-12-6-2-7-13-17)18-14-8-3-9-15-18;1-7-5-3-4-6-8(7)2;1-3-2;/h16-18H,1-15H2;1,3-6H,2H3;1-2H3;/q;;-1;+1. The number of rotatable bonds is 5. The van der Waals surface area contributed by atoms with Crippen LogP contribution in [-0.4, -0.2) is 39.1 Å². The summed E-state index contributed by atoms with van der Waals surface area (Å²) in [5, 5.41) is 0. The fourth-order valence-corrected chi connectivity index (χ4v) is 11.6. The van der Waals surface area contributed by atoms with Gasteiger partial charge in [0.1, 0.15) is 0 Å². The van der Waals surface area contributed by atoms with Crippen LogP contribution in [-0.2, 0) is 17.8 Å². The molecular weight excluding hydrogens is 488 g/mol. The Hall–Kier alpha value is 0.142. The monoisotopic (exact) mass is 534 g/mol. The maximum atomic E-state index is 2.30. The first-order valence-corrected chi connectivity index (χ1v) is 16.2. The van der Waals surface area contributed by atoms with Crippen LogP contribution >= 0.6 is 7.92 Å². The van der Waals surface area contributed by atoms with E-state index >= 15 is 0 Å². The Morgan fingerprint density at radius 1 is 0.710 bits per heavy atom. The van der Waals surface area contributed by atoms with Crippen LogP contribution < -0.4 is 0 Å². The summed E-state index contributed by atoms with van der Waals surface area (Å²) < 4.78 is 4.50. The second-order valence-corrected chi connectivity index (χ2v) is 15.4. The van der Waals surface area contributed by atoms with Crippen LogP contribution in [0.2, 0.25) is 0 Å². The number of aryl methyl sites for hydroxylation is 1. The SMILES string of the molecule is C1CCC(P(C2CCCCC2)C2CCCCC2)CC1.Cc1ccccc1[CH]=[Pd][N](C)C. The van der Waals surface area contributed by atoms with Crippen molar-refractivity contribution in [2.45, 2.75) is 120 Å². The molecule has 0 amide bonds. The molecule has 179 valence electrons. The van der Waals surface area contributed by atoms with E-state index in [2.05, 4.69) is 53.3 Å². The van der Waals surface area contributed by atoms with E-state index < -0.39 is 0 Å². The number of hydrogen-bond donors (Lipinski definition) is 0. The Morgan fingerprint density at radius 2 is 1.13 bits per heavy atom. The Morgan fingerprint density at radius 3 is 1.52 bits per heavy atom. The predicted octanol–water partition coefficient (Wildman–Crippen LogP) is 8.17. The second-order valence-electron chi connectivity index (χ2n) is 10.1. The van der Waals surface area contributed by atoms with Gasteiger partial charge in [0.2, 0.25) is 0 Å². The summed E-state index contributed by atoms with van der Waals surface area (Å²) >= 11 is 0.584. The van der Waals surface area contributed by atoms with Crippen LogP contribution in [0.25, 0.3) is 0 Å². The quantitative estimate of drug-likeness (QED) is 0.272. The van der Waals surface area contributed by atoms with Crippen molar-refractivity contribution in [3.8, 4) is 0 Å². The summed E-state index contributed by atoms with van der Waals surface area (Å²) in [6, 6.07) is 8.48. The van der Waals surface area contributed by atoms with Gasteiger partial charge in [-0.25, -0.2) is 0 Å². The van der Waals surface area contributed by atoms with Crippen molar-refractivity contribution >= 4 is 12.4 Å². The zero-order valence-electron chi connectivity index (χ0n) is 20.4. The third-order valence-corrected chi connectivity index (χ3v) is 13.0. The van der Waals surface area contributed by atoms with Crippen LogP contribution in [0.4, 0.5) is 0 Å². The molecule has 1 aromatic carbocycles. The third kappa shape index (κ3) is 8.78. The molecule has 3 aliphatic rings.